The van der Waals surface area contributed by atoms with Gasteiger partial charge in [0.1, 0.15) is 0 Å². The molecule has 0 radical (unpaired) electrons. The summed E-state index contributed by atoms with van der Waals surface area (Å²) >= 11 is 0. The van der Waals surface area contributed by atoms with Crippen molar-refractivity contribution >= 4 is 0 Å². The molecule has 0 amide bonds. The molecule has 78 valence electrons. The summed E-state index contributed by atoms with van der Waals surface area (Å²) in [4.78, 5) is 0. The maximum atomic E-state index is 5.73. The highest BCUT2D eigenvalue weighted by Crippen LogP contribution is 2.16. The third kappa shape index (κ3) is 3.93. The van der Waals surface area contributed by atoms with Gasteiger partial charge >= 0.3 is 0 Å². The molecule has 0 aromatic heterocycles. The van der Waals surface area contributed by atoms with Gasteiger partial charge in [-0.25, -0.2) is 0 Å². The second-order valence-electron chi connectivity index (χ2n) is 3.63. The summed E-state index contributed by atoms with van der Waals surface area (Å²) in [5.74, 6) is 0. The Labute approximate surface area is 87.1 Å². The SMILES string of the molecule is CCCCCOC(C)c1ccccc1. The van der Waals surface area contributed by atoms with Crippen molar-refractivity contribution in [2.45, 2.75) is 39.2 Å². The lowest BCUT2D eigenvalue weighted by Crippen LogP contribution is -2.01. The number of ether oxygens (including phenoxy) is 1. The van der Waals surface area contributed by atoms with E-state index in [0.29, 0.717) is 0 Å². The molecule has 1 atom stereocenters. The first-order chi connectivity index (χ1) is 6.84. The Bertz CT molecular complexity index is 230. The number of rotatable bonds is 6. The molecule has 14 heavy (non-hydrogen) atoms. The molecule has 1 rings (SSSR count). The van der Waals surface area contributed by atoms with Gasteiger partial charge in [0.25, 0.3) is 0 Å². The topological polar surface area (TPSA) is 9.23 Å². The van der Waals surface area contributed by atoms with Crippen LogP contribution in [0, 0.1) is 0 Å². The maximum absolute atomic E-state index is 5.73. The molecule has 0 aliphatic rings. The number of hydrogen-bond acceptors (Lipinski definition) is 1. The number of hydrogen-bond donors (Lipinski definition) is 0. The Morgan fingerprint density at radius 2 is 1.86 bits per heavy atom. The fourth-order valence-electron chi connectivity index (χ4n) is 1.43. The largest absolute Gasteiger partial charge is 0.374 e. The van der Waals surface area contributed by atoms with Gasteiger partial charge in [-0.05, 0) is 18.9 Å². The van der Waals surface area contributed by atoms with E-state index in [4.69, 9.17) is 4.74 Å². The van der Waals surface area contributed by atoms with Crippen LogP contribution in [-0.4, -0.2) is 6.61 Å². The lowest BCUT2D eigenvalue weighted by Gasteiger charge is -2.12. The fourth-order valence-corrected chi connectivity index (χ4v) is 1.43. The smallest absolute Gasteiger partial charge is 0.0796 e. The summed E-state index contributed by atoms with van der Waals surface area (Å²) in [5, 5.41) is 0. The van der Waals surface area contributed by atoms with Crippen LogP contribution in [0.3, 0.4) is 0 Å². The first-order valence-corrected chi connectivity index (χ1v) is 5.51. The van der Waals surface area contributed by atoms with Gasteiger partial charge in [-0.2, -0.15) is 0 Å². The molecule has 0 fully saturated rings. The van der Waals surface area contributed by atoms with Gasteiger partial charge in [0.15, 0.2) is 0 Å². The van der Waals surface area contributed by atoms with Gasteiger partial charge in [0.05, 0.1) is 6.10 Å². The first-order valence-electron chi connectivity index (χ1n) is 5.51. The predicted molar refractivity (Wildman–Crippen MR) is 60.3 cm³/mol. The van der Waals surface area contributed by atoms with Crippen molar-refractivity contribution in [1.82, 2.24) is 0 Å². The van der Waals surface area contributed by atoms with Crippen LogP contribution in [0.2, 0.25) is 0 Å². The zero-order valence-corrected chi connectivity index (χ0v) is 9.20. The van der Waals surface area contributed by atoms with Gasteiger partial charge < -0.3 is 4.74 Å². The molecule has 0 aliphatic carbocycles. The first kappa shape index (κ1) is 11.3. The number of unbranched alkanes of at least 4 members (excludes halogenated alkanes) is 2. The molecule has 0 spiro atoms. The van der Waals surface area contributed by atoms with Crippen molar-refractivity contribution in [3.05, 3.63) is 35.9 Å². The van der Waals surface area contributed by atoms with Crippen LogP contribution in [0.5, 0.6) is 0 Å². The van der Waals surface area contributed by atoms with Crippen LogP contribution >= 0.6 is 0 Å². The van der Waals surface area contributed by atoms with E-state index in [9.17, 15) is 0 Å². The lowest BCUT2D eigenvalue weighted by atomic mass is 10.1. The predicted octanol–water partition coefficient (Wildman–Crippen LogP) is 3.95. The average molecular weight is 192 g/mol. The van der Waals surface area contributed by atoms with Crippen LogP contribution in [-0.2, 0) is 4.74 Å². The molecule has 0 bridgehead atoms. The average Bonchev–Trinajstić information content (AvgIpc) is 2.25. The molecule has 1 aromatic carbocycles. The second-order valence-corrected chi connectivity index (χ2v) is 3.63. The molecule has 0 N–H and O–H groups in total. The lowest BCUT2D eigenvalue weighted by molar-refractivity contribution is 0.0630. The van der Waals surface area contributed by atoms with Crippen molar-refractivity contribution in [3.8, 4) is 0 Å². The van der Waals surface area contributed by atoms with E-state index in [0.717, 1.165) is 6.61 Å². The van der Waals surface area contributed by atoms with Crippen molar-refractivity contribution in [2.75, 3.05) is 6.61 Å². The minimum Gasteiger partial charge on any atom is -0.374 e. The summed E-state index contributed by atoms with van der Waals surface area (Å²) in [7, 11) is 0. The van der Waals surface area contributed by atoms with E-state index in [1.807, 2.05) is 6.07 Å². The van der Waals surface area contributed by atoms with E-state index in [2.05, 4.69) is 38.1 Å². The van der Waals surface area contributed by atoms with Crippen LogP contribution in [0.15, 0.2) is 30.3 Å². The molecule has 1 heteroatoms. The highest BCUT2D eigenvalue weighted by Gasteiger charge is 2.03. The van der Waals surface area contributed by atoms with Crippen LogP contribution in [0.1, 0.15) is 44.8 Å². The van der Waals surface area contributed by atoms with Gasteiger partial charge in [0.2, 0.25) is 0 Å². The molecule has 0 saturated carbocycles. The summed E-state index contributed by atoms with van der Waals surface area (Å²) in [6.45, 7) is 5.20. The molecule has 0 heterocycles. The number of benzene rings is 1. The molecular weight excluding hydrogens is 172 g/mol. The molecule has 0 aliphatic heterocycles. The summed E-state index contributed by atoms with van der Waals surface area (Å²) in [6.07, 6.45) is 3.92. The Morgan fingerprint density at radius 3 is 2.50 bits per heavy atom. The Hall–Kier alpha value is -0.820. The summed E-state index contributed by atoms with van der Waals surface area (Å²) < 4.78 is 5.73. The highest BCUT2D eigenvalue weighted by molar-refractivity contribution is 5.16. The highest BCUT2D eigenvalue weighted by atomic mass is 16.5. The van der Waals surface area contributed by atoms with Crippen molar-refractivity contribution in [2.24, 2.45) is 0 Å². The molecule has 1 nitrogen and oxygen atoms in total. The summed E-state index contributed by atoms with van der Waals surface area (Å²) in [5.41, 5.74) is 1.27. The van der Waals surface area contributed by atoms with Gasteiger partial charge in [-0.1, -0.05) is 50.1 Å². The zero-order chi connectivity index (χ0) is 10.2. The molecule has 0 saturated heterocycles. The Kier molecular flexibility index (Phi) is 5.31. The fraction of sp³-hybridized carbons (Fsp3) is 0.538. The Morgan fingerprint density at radius 1 is 1.14 bits per heavy atom. The minimum atomic E-state index is 0.230. The van der Waals surface area contributed by atoms with Gasteiger partial charge in [-0.3, -0.25) is 0 Å². The van der Waals surface area contributed by atoms with E-state index < -0.39 is 0 Å². The van der Waals surface area contributed by atoms with Crippen molar-refractivity contribution in [3.63, 3.8) is 0 Å². The van der Waals surface area contributed by atoms with Crippen LogP contribution in [0.4, 0.5) is 0 Å². The van der Waals surface area contributed by atoms with E-state index >= 15 is 0 Å². The van der Waals surface area contributed by atoms with Crippen molar-refractivity contribution in [1.29, 1.82) is 0 Å². The van der Waals surface area contributed by atoms with Crippen LogP contribution < -0.4 is 0 Å². The zero-order valence-electron chi connectivity index (χ0n) is 9.20. The Balaban J connectivity index is 2.25. The normalized spacial score (nSPS) is 12.7. The van der Waals surface area contributed by atoms with E-state index in [-0.39, 0.29) is 6.10 Å². The quantitative estimate of drug-likeness (QED) is 0.620. The molecule has 1 unspecified atom stereocenters. The second kappa shape index (κ2) is 6.61. The monoisotopic (exact) mass is 192 g/mol. The standard InChI is InChI=1S/C13H20O/c1-3-4-8-11-14-12(2)13-9-6-5-7-10-13/h5-7,9-10,12H,3-4,8,11H2,1-2H3. The van der Waals surface area contributed by atoms with Crippen molar-refractivity contribution < 1.29 is 4.74 Å². The van der Waals surface area contributed by atoms with Gasteiger partial charge in [0, 0.05) is 6.61 Å². The van der Waals surface area contributed by atoms with E-state index in [1.54, 1.807) is 0 Å². The third-order valence-electron chi connectivity index (χ3n) is 2.38. The van der Waals surface area contributed by atoms with E-state index in [1.165, 1.54) is 24.8 Å². The summed E-state index contributed by atoms with van der Waals surface area (Å²) in [6, 6.07) is 10.4. The molecule has 1 aromatic rings. The third-order valence-corrected chi connectivity index (χ3v) is 2.38. The minimum absolute atomic E-state index is 0.230. The maximum Gasteiger partial charge on any atom is 0.0796 e. The molecular formula is C13H20O. The van der Waals surface area contributed by atoms with Gasteiger partial charge in [-0.15, -0.1) is 0 Å². The van der Waals surface area contributed by atoms with Crippen LogP contribution in [0.25, 0.3) is 0 Å².